The van der Waals surface area contributed by atoms with Crippen molar-refractivity contribution < 1.29 is 13.9 Å². The van der Waals surface area contributed by atoms with E-state index in [1.165, 1.54) is 18.5 Å². The summed E-state index contributed by atoms with van der Waals surface area (Å²) in [5.74, 6) is 0.209. The summed E-state index contributed by atoms with van der Waals surface area (Å²) in [6.45, 7) is 2.23. The van der Waals surface area contributed by atoms with Gasteiger partial charge in [0.05, 0.1) is 6.61 Å². The van der Waals surface area contributed by atoms with Crippen LogP contribution in [0.4, 0.5) is 10.1 Å². The second kappa shape index (κ2) is 5.83. The number of hydrogen-bond acceptors (Lipinski definition) is 5. The van der Waals surface area contributed by atoms with Gasteiger partial charge in [-0.05, 0) is 19.1 Å². The third kappa shape index (κ3) is 3.31. The van der Waals surface area contributed by atoms with E-state index in [1.807, 2.05) is 6.92 Å². The van der Waals surface area contributed by atoms with Gasteiger partial charge in [0.2, 0.25) is 11.8 Å². The van der Waals surface area contributed by atoms with Gasteiger partial charge < -0.3 is 15.2 Å². The zero-order valence-corrected chi connectivity index (χ0v) is 11.6. The molecule has 0 spiro atoms. The van der Waals surface area contributed by atoms with Crippen molar-refractivity contribution in [2.24, 2.45) is 0 Å². The molecule has 100 valence electrons. The lowest BCUT2D eigenvalue weighted by molar-refractivity contribution is 0.325. The zero-order chi connectivity index (χ0) is 13.8. The number of ether oxygens (including phenoxy) is 2. The lowest BCUT2D eigenvalue weighted by atomic mass is 10.3. The van der Waals surface area contributed by atoms with E-state index in [2.05, 4.69) is 25.9 Å². The van der Waals surface area contributed by atoms with Crippen molar-refractivity contribution in [2.45, 2.75) is 6.92 Å². The van der Waals surface area contributed by atoms with Crippen LogP contribution in [0, 0.1) is 5.82 Å². The predicted molar refractivity (Wildman–Crippen MR) is 71.8 cm³/mol. The van der Waals surface area contributed by atoms with Crippen molar-refractivity contribution >= 4 is 21.6 Å². The maximum atomic E-state index is 13.2. The van der Waals surface area contributed by atoms with Gasteiger partial charge in [-0.3, -0.25) is 0 Å². The van der Waals surface area contributed by atoms with Crippen molar-refractivity contribution in [2.75, 3.05) is 12.3 Å². The molecule has 0 aliphatic carbocycles. The second-order valence-corrected chi connectivity index (χ2v) is 4.45. The summed E-state index contributed by atoms with van der Waals surface area (Å²) < 4.78 is 24.4. The van der Waals surface area contributed by atoms with Crippen LogP contribution in [-0.4, -0.2) is 16.6 Å². The predicted octanol–water partition coefficient (Wildman–Crippen LogP) is 3.15. The molecule has 0 aliphatic rings. The van der Waals surface area contributed by atoms with Gasteiger partial charge >= 0.3 is 0 Å². The minimum atomic E-state index is -0.429. The number of nitrogens with two attached hydrogens (primary N) is 1. The molecule has 0 aliphatic heterocycles. The summed E-state index contributed by atoms with van der Waals surface area (Å²) in [4.78, 5) is 7.78. The van der Waals surface area contributed by atoms with Crippen LogP contribution < -0.4 is 15.2 Å². The van der Waals surface area contributed by atoms with Crippen LogP contribution >= 0.6 is 15.9 Å². The number of halogens is 2. The van der Waals surface area contributed by atoms with Gasteiger partial charge in [0.1, 0.15) is 17.9 Å². The molecule has 1 aromatic heterocycles. The maximum absolute atomic E-state index is 13.2. The van der Waals surface area contributed by atoms with E-state index in [-0.39, 0.29) is 23.2 Å². The quantitative estimate of drug-likeness (QED) is 0.934. The first-order valence-electron chi connectivity index (χ1n) is 5.47. The van der Waals surface area contributed by atoms with E-state index in [1.54, 1.807) is 6.07 Å². The summed E-state index contributed by atoms with van der Waals surface area (Å²) in [5, 5.41) is 0. The molecule has 19 heavy (non-hydrogen) atoms. The molecule has 5 nitrogen and oxygen atoms in total. The van der Waals surface area contributed by atoms with Crippen LogP contribution in [0.5, 0.6) is 17.5 Å². The molecule has 0 radical (unpaired) electrons. The van der Waals surface area contributed by atoms with Crippen molar-refractivity contribution in [1.82, 2.24) is 9.97 Å². The largest absolute Gasteiger partial charge is 0.476 e. The zero-order valence-electron chi connectivity index (χ0n) is 10.1. The fourth-order valence-corrected chi connectivity index (χ4v) is 1.84. The number of nitrogens with zero attached hydrogens (tertiary/aromatic N) is 2. The highest BCUT2D eigenvalue weighted by molar-refractivity contribution is 9.10. The molecule has 2 rings (SSSR count). The minimum absolute atomic E-state index is 0.121. The van der Waals surface area contributed by atoms with Crippen LogP contribution in [0.1, 0.15) is 6.92 Å². The van der Waals surface area contributed by atoms with Crippen molar-refractivity contribution in [3.05, 3.63) is 34.8 Å². The average molecular weight is 328 g/mol. The Morgan fingerprint density at radius 3 is 2.68 bits per heavy atom. The molecule has 0 amide bonds. The van der Waals surface area contributed by atoms with Gasteiger partial charge in [-0.15, -0.1) is 0 Å². The molecule has 0 fully saturated rings. The molecule has 2 aromatic rings. The van der Waals surface area contributed by atoms with Gasteiger partial charge in [0, 0.05) is 10.5 Å². The normalized spacial score (nSPS) is 10.3. The van der Waals surface area contributed by atoms with Crippen LogP contribution in [0.25, 0.3) is 0 Å². The maximum Gasteiger partial charge on any atom is 0.249 e. The second-order valence-electron chi connectivity index (χ2n) is 3.54. The van der Waals surface area contributed by atoms with Crippen LogP contribution in [0.3, 0.4) is 0 Å². The topological polar surface area (TPSA) is 70.3 Å². The van der Waals surface area contributed by atoms with Gasteiger partial charge in [-0.25, -0.2) is 4.39 Å². The summed E-state index contributed by atoms with van der Waals surface area (Å²) >= 11 is 3.18. The Balaban J connectivity index is 2.30. The van der Waals surface area contributed by atoms with Gasteiger partial charge in [-0.2, -0.15) is 9.97 Å². The molecule has 0 atom stereocenters. The van der Waals surface area contributed by atoms with E-state index in [9.17, 15) is 4.39 Å². The van der Waals surface area contributed by atoms with Crippen molar-refractivity contribution in [3.8, 4) is 17.5 Å². The Labute approximate surface area is 117 Å². The van der Waals surface area contributed by atoms with Gasteiger partial charge in [0.15, 0.2) is 5.69 Å². The Bertz CT molecular complexity index is 575. The van der Waals surface area contributed by atoms with Crippen LogP contribution in [0.2, 0.25) is 0 Å². The average Bonchev–Trinajstić information content (AvgIpc) is 2.33. The van der Waals surface area contributed by atoms with Gasteiger partial charge in [0.25, 0.3) is 0 Å². The smallest absolute Gasteiger partial charge is 0.249 e. The Hall–Kier alpha value is -1.89. The first kappa shape index (κ1) is 13.5. The number of hydrogen-bond donors (Lipinski definition) is 1. The molecule has 2 N–H and O–H groups in total. The number of benzene rings is 1. The highest BCUT2D eigenvalue weighted by Crippen LogP contribution is 2.31. The highest BCUT2D eigenvalue weighted by atomic mass is 79.9. The van der Waals surface area contributed by atoms with E-state index < -0.39 is 5.82 Å². The molecule has 0 saturated carbocycles. The third-order valence-corrected chi connectivity index (χ3v) is 2.60. The number of anilines is 1. The van der Waals surface area contributed by atoms with E-state index in [4.69, 9.17) is 15.2 Å². The minimum Gasteiger partial charge on any atom is -0.476 e. The summed E-state index contributed by atoms with van der Waals surface area (Å²) in [6.07, 6.45) is 1.27. The van der Waals surface area contributed by atoms with Crippen LogP contribution in [-0.2, 0) is 0 Å². The molecule has 0 saturated heterocycles. The highest BCUT2D eigenvalue weighted by Gasteiger charge is 2.11. The van der Waals surface area contributed by atoms with E-state index >= 15 is 0 Å². The Morgan fingerprint density at radius 2 is 2.00 bits per heavy atom. The first-order chi connectivity index (χ1) is 9.10. The summed E-state index contributed by atoms with van der Waals surface area (Å²) in [5.41, 5.74) is 5.98. The molecule has 7 heteroatoms. The van der Waals surface area contributed by atoms with E-state index in [0.29, 0.717) is 11.1 Å². The fourth-order valence-electron chi connectivity index (χ4n) is 1.40. The first-order valence-corrected chi connectivity index (χ1v) is 6.26. The van der Waals surface area contributed by atoms with Crippen molar-refractivity contribution in [1.29, 1.82) is 0 Å². The SMILES string of the molecule is CCOc1ncnc(Oc2cc(F)cc(Br)c2)c1N. The van der Waals surface area contributed by atoms with Crippen molar-refractivity contribution in [3.63, 3.8) is 0 Å². The summed E-state index contributed by atoms with van der Waals surface area (Å²) in [6, 6.07) is 4.15. The lowest BCUT2D eigenvalue weighted by Gasteiger charge is -2.10. The molecule has 0 unspecified atom stereocenters. The molecule has 1 heterocycles. The fraction of sp³-hybridized carbons (Fsp3) is 0.167. The number of aromatic nitrogens is 2. The molecule has 1 aromatic carbocycles. The number of rotatable bonds is 4. The van der Waals surface area contributed by atoms with E-state index in [0.717, 1.165) is 0 Å². The molecular weight excluding hydrogens is 317 g/mol. The monoisotopic (exact) mass is 327 g/mol. The third-order valence-electron chi connectivity index (χ3n) is 2.14. The Morgan fingerprint density at radius 1 is 1.26 bits per heavy atom. The molecule has 0 bridgehead atoms. The lowest BCUT2D eigenvalue weighted by Crippen LogP contribution is -2.03. The Kier molecular flexibility index (Phi) is 4.16. The standard InChI is InChI=1S/C12H11BrFN3O2/c1-2-18-11-10(15)12(17-6-16-11)19-9-4-7(13)3-8(14)5-9/h3-6H,2,15H2,1H3. The van der Waals surface area contributed by atoms with Gasteiger partial charge in [-0.1, -0.05) is 15.9 Å². The number of nitrogen functional groups attached to an aromatic ring is 1. The van der Waals surface area contributed by atoms with Crippen LogP contribution in [0.15, 0.2) is 29.0 Å². The molecular formula is C12H11BrFN3O2. The summed E-state index contributed by atoms with van der Waals surface area (Å²) in [7, 11) is 0.